The summed E-state index contributed by atoms with van der Waals surface area (Å²) in [6.07, 6.45) is -2.77. The number of anilines is 1. The predicted octanol–water partition coefficient (Wildman–Crippen LogP) is 2.25. The number of H-pyrrole nitrogens is 1. The van der Waals surface area contributed by atoms with Crippen LogP contribution in [-0.2, 0) is 17.8 Å². The summed E-state index contributed by atoms with van der Waals surface area (Å²) in [7, 11) is 0. The Bertz CT molecular complexity index is 1060. The number of thiophene rings is 1. The van der Waals surface area contributed by atoms with E-state index in [2.05, 4.69) is 30.8 Å². The number of nitrogens with zero attached hydrogens (tertiary/aromatic N) is 3. The molecular formula is C16H15F3N6O3S. The van der Waals surface area contributed by atoms with Crippen LogP contribution < -0.4 is 10.6 Å². The average molecular weight is 428 g/mol. The first kappa shape index (κ1) is 20.7. The monoisotopic (exact) mass is 428 g/mol. The van der Waals surface area contributed by atoms with E-state index in [4.69, 9.17) is 9.90 Å². The van der Waals surface area contributed by atoms with Crippen molar-refractivity contribution in [1.82, 2.24) is 25.5 Å². The number of hydrogen-bond acceptors (Lipinski definition) is 7. The average Bonchev–Trinajstić information content (AvgIpc) is 3.25. The maximum atomic E-state index is 12.6. The lowest BCUT2D eigenvalue weighted by Crippen LogP contribution is -2.24. The maximum Gasteiger partial charge on any atom is 0.490 e. The van der Waals surface area contributed by atoms with Crippen molar-refractivity contribution in [3.05, 3.63) is 34.2 Å². The topological polar surface area (TPSA) is 133 Å². The number of alkyl halides is 3. The van der Waals surface area contributed by atoms with Crippen molar-refractivity contribution < 1.29 is 27.9 Å². The number of halogens is 3. The molecule has 154 valence electrons. The van der Waals surface area contributed by atoms with Crippen LogP contribution in [0.25, 0.3) is 10.2 Å². The molecule has 0 aliphatic carbocycles. The zero-order chi connectivity index (χ0) is 21.2. The van der Waals surface area contributed by atoms with Gasteiger partial charge >= 0.3 is 12.1 Å². The number of aliphatic carboxylic acids is 1. The van der Waals surface area contributed by atoms with Crippen molar-refractivity contribution in [2.75, 3.05) is 11.9 Å². The molecule has 4 N–H and O–H groups in total. The van der Waals surface area contributed by atoms with Crippen LogP contribution in [0.15, 0.2) is 11.7 Å². The van der Waals surface area contributed by atoms with Crippen LogP contribution in [0.5, 0.6) is 0 Å². The Morgan fingerprint density at radius 1 is 1.31 bits per heavy atom. The zero-order valence-electron chi connectivity index (χ0n) is 14.9. The van der Waals surface area contributed by atoms with E-state index in [-0.39, 0.29) is 5.91 Å². The number of carbonyl (C=O) groups is 2. The van der Waals surface area contributed by atoms with Gasteiger partial charge in [0.2, 0.25) is 0 Å². The normalized spacial score (nSPS) is 13.4. The standard InChI is InChI=1S/C14H14N6OS.C2HF3O2/c1-7-5-22-12-10(7)16-6-17-11(12)14(21)18-13-8-4-15-3-2-9(8)19-20-13;3-2(4,5)1(6)7/h5-6,15H,2-4H2,1H3,(H2,18,19,20,21);(H,6,7). The fourth-order valence-electron chi connectivity index (χ4n) is 2.63. The van der Waals surface area contributed by atoms with Crippen LogP contribution in [0, 0.1) is 6.92 Å². The summed E-state index contributed by atoms with van der Waals surface area (Å²) in [6, 6.07) is 0. The molecule has 3 aromatic heterocycles. The van der Waals surface area contributed by atoms with Gasteiger partial charge in [-0.15, -0.1) is 11.3 Å². The molecule has 0 fully saturated rings. The van der Waals surface area contributed by atoms with Gasteiger partial charge in [-0.05, 0) is 17.9 Å². The molecule has 0 aromatic carbocycles. The lowest BCUT2D eigenvalue weighted by Gasteiger charge is -2.13. The summed E-state index contributed by atoms with van der Waals surface area (Å²) >= 11 is 1.48. The third kappa shape index (κ3) is 4.51. The lowest BCUT2D eigenvalue weighted by atomic mass is 10.1. The molecule has 1 aliphatic heterocycles. The van der Waals surface area contributed by atoms with Gasteiger partial charge in [0.25, 0.3) is 5.91 Å². The molecule has 4 heterocycles. The number of carboxylic acids is 1. The van der Waals surface area contributed by atoms with Gasteiger partial charge in [-0.1, -0.05) is 0 Å². The molecule has 13 heteroatoms. The second kappa shape index (κ2) is 8.13. The van der Waals surface area contributed by atoms with Crippen LogP contribution >= 0.6 is 11.3 Å². The molecule has 0 saturated carbocycles. The Morgan fingerprint density at radius 2 is 2.03 bits per heavy atom. The number of aromatic nitrogens is 4. The van der Waals surface area contributed by atoms with Gasteiger partial charge in [0, 0.05) is 30.8 Å². The molecule has 4 rings (SSSR count). The fraction of sp³-hybridized carbons (Fsp3) is 0.312. The number of rotatable bonds is 2. The van der Waals surface area contributed by atoms with Crippen molar-refractivity contribution in [2.24, 2.45) is 0 Å². The molecule has 29 heavy (non-hydrogen) atoms. The molecule has 1 amide bonds. The van der Waals surface area contributed by atoms with E-state index in [0.29, 0.717) is 18.1 Å². The predicted molar refractivity (Wildman–Crippen MR) is 97.8 cm³/mol. The molecular weight excluding hydrogens is 413 g/mol. The molecule has 0 saturated heterocycles. The van der Waals surface area contributed by atoms with Crippen LogP contribution in [0.3, 0.4) is 0 Å². The van der Waals surface area contributed by atoms with Crippen LogP contribution in [0.4, 0.5) is 19.0 Å². The minimum atomic E-state index is -5.08. The lowest BCUT2D eigenvalue weighted by molar-refractivity contribution is -0.192. The molecule has 0 atom stereocenters. The number of nitrogens with one attached hydrogen (secondary N) is 3. The van der Waals surface area contributed by atoms with E-state index in [9.17, 15) is 18.0 Å². The summed E-state index contributed by atoms with van der Waals surface area (Å²) in [4.78, 5) is 29.8. The van der Waals surface area contributed by atoms with E-state index < -0.39 is 12.1 Å². The van der Waals surface area contributed by atoms with Crippen molar-refractivity contribution in [3.63, 3.8) is 0 Å². The third-order valence-corrected chi connectivity index (χ3v) is 5.12. The molecule has 0 spiro atoms. The van der Waals surface area contributed by atoms with Crippen LogP contribution in [0.1, 0.15) is 27.3 Å². The number of amides is 1. The Morgan fingerprint density at radius 3 is 2.72 bits per heavy atom. The number of hydrogen-bond donors (Lipinski definition) is 4. The van der Waals surface area contributed by atoms with Gasteiger partial charge in [-0.3, -0.25) is 9.89 Å². The first-order valence-corrected chi connectivity index (χ1v) is 9.13. The van der Waals surface area contributed by atoms with Gasteiger partial charge < -0.3 is 15.7 Å². The molecule has 9 nitrogen and oxygen atoms in total. The molecule has 3 aromatic rings. The van der Waals surface area contributed by atoms with Gasteiger partial charge in [0.1, 0.15) is 12.0 Å². The van der Waals surface area contributed by atoms with E-state index >= 15 is 0 Å². The fourth-order valence-corrected chi connectivity index (χ4v) is 3.62. The SMILES string of the molecule is Cc1csc2c(C(=O)Nc3n[nH]c4c3CNCC4)ncnc12.O=C(O)C(F)(F)F. The summed E-state index contributed by atoms with van der Waals surface area (Å²) < 4.78 is 32.5. The highest BCUT2D eigenvalue weighted by molar-refractivity contribution is 7.17. The largest absolute Gasteiger partial charge is 0.490 e. The van der Waals surface area contributed by atoms with Gasteiger partial charge in [0.15, 0.2) is 5.82 Å². The molecule has 0 unspecified atom stereocenters. The van der Waals surface area contributed by atoms with E-state index in [1.807, 2.05) is 12.3 Å². The van der Waals surface area contributed by atoms with Crippen molar-refractivity contribution >= 4 is 39.2 Å². The van der Waals surface area contributed by atoms with Gasteiger partial charge in [-0.25, -0.2) is 14.8 Å². The smallest absolute Gasteiger partial charge is 0.475 e. The highest BCUT2D eigenvalue weighted by atomic mass is 32.1. The molecule has 0 bridgehead atoms. The number of aromatic amines is 1. The molecule has 1 aliphatic rings. The van der Waals surface area contributed by atoms with Crippen molar-refractivity contribution in [3.8, 4) is 0 Å². The first-order valence-electron chi connectivity index (χ1n) is 8.25. The van der Waals surface area contributed by atoms with Gasteiger partial charge in [-0.2, -0.15) is 18.3 Å². The van der Waals surface area contributed by atoms with E-state index in [1.165, 1.54) is 17.7 Å². The summed E-state index contributed by atoms with van der Waals surface area (Å²) in [6.45, 7) is 3.60. The minimum Gasteiger partial charge on any atom is -0.475 e. The Labute approximate surface area is 165 Å². The molecule has 0 radical (unpaired) electrons. The van der Waals surface area contributed by atoms with Crippen LogP contribution in [0.2, 0.25) is 0 Å². The zero-order valence-corrected chi connectivity index (χ0v) is 15.7. The highest BCUT2D eigenvalue weighted by Gasteiger charge is 2.38. The summed E-state index contributed by atoms with van der Waals surface area (Å²) in [5, 5.41) is 22.5. The van der Waals surface area contributed by atoms with Crippen molar-refractivity contribution in [1.29, 1.82) is 0 Å². The number of carboxylic acid groups (broad SMARTS) is 1. The maximum absolute atomic E-state index is 12.6. The Balaban J connectivity index is 0.000000298. The summed E-state index contributed by atoms with van der Waals surface area (Å²) in [5.74, 6) is -2.44. The van der Waals surface area contributed by atoms with E-state index in [0.717, 1.165) is 40.0 Å². The van der Waals surface area contributed by atoms with Crippen LogP contribution in [-0.4, -0.2) is 49.9 Å². The Kier molecular flexibility index (Phi) is 5.79. The Hall–Kier alpha value is -3.06. The number of aryl methyl sites for hydroxylation is 1. The second-order valence-corrected chi connectivity index (χ2v) is 6.91. The third-order valence-electron chi connectivity index (χ3n) is 4.03. The number of carbonyl (C=O) groups excluding carboxylic acids is 1. The highest BCUT2D eigenvalue weighted by Crippen LogP contribution is 2.26. The number of fused-ring (bicyclic) bond motifs is 2. The first-order chi connectivity index (χ1) is 13.7. The quantitative estimate of drug-likeness (QED) is 0.492. The van der Waals surface area contributed by atoms with E-state index in [1.54, 1.807) is 0 Å². The summed E-state index contributed by atoms with van der Waals surface area (Å²) in [5.41, 5.74) is 4.37. The van der Waals surface area contributed by atoms with Crippen molar-refractivity contribution in [2.45, 2.75) is 26.1 Å². The van der Waals surface area contributed by atoms with Gasteiger partial charge in [0.05, 0.1) is 10.2 Å². The second-order valence-electron chi connectivity index (χ2n) is 6.03. The minimum absolute atomic E-state index is 0.255.